The fourth-order valence-electron chi connectivity index (χ4n) is 2.47. The molecule has 0 saturated carbocycles. The molecule has 1 heterocycles. The molecule has 1 unspecified atom stereocenters. The summed E-state index contributed by atoms with van der Waals surface area (Å²) in [5.74, 6) is -0.529. The quantitative estimate of drug-likeness (QED) is 0.758. The van der Waals surface area contributed by atoms with Gasteiger partial charge < -0.3 is 5.32 Å². The highest BCUT2D eigenvalue weighted by Gasteiger charge is 2.18. The SMILES string of the molecule is CCC(C)NC(=O)c1cc(-c2ccccc2)nn1-c1ccc(F)cc1. The molecule has 1 amide bonds. The topological polar surface area (TPSA) is 46.9 Å². The van der Waals surface area contributed by atoms with E-state index in [0.29, 0.717) is 17.1 Å². The van der Waals surface area contributed by atoms with Crippen molar-refractivity contribution in [2.45, 2.75) is 26.3 Å². The van der Waals surface area contributed by atoms with E-state index in [0.717, 1.165) is 12.0 Å². The molecule has 25 heavy (non-hydrogen) atoms. The van der Waals surface area contributed by atoms with Crippen molar-refractivity contribution in [3.05, 3.63) is 72.2 Å². The van der Waals surface area contributed by atoms with Crippen LogP contribution in [0, 0.1) is 5.82 Å². The number of amides is 1. The number of carbonyl (C=O) groups is 1. The predicted octanol–water partition coefficient (Wildman–Crippen LogP) is 4.21. The van der Waals surface area contributed by atoms with Gasteiger partial charge in [0.25, 0.3) is 5.91 Å². The highest BCUT2D eigenvalue weighted by molar-refractivity contribution is 5.94. The lowest BCUT2D eigenvalue weighted by molar-refractivity contribution is 0.0931. The Morgan fingerprint density at radius 1 is 1.16 bits per heavy atom. The van der Waals surface area contributed by atoms with Gasteiger partial charge in [0.05, 0.1) is 11.4 Å². The zero-order valence-corrected chi connectivity index (χ0v) is 14.2. The van der Waals surface area contributed by atoms with Crippen molar-refractivity contribution in [3.63, 3.8) is 0 Å². The van der Waals surface area contributed by atoms with Crippen LogP contribution in [0.2, 0.25) is 0 Å². The third-order valence-corrected chi connectivity index (χ3v) is 4.07. The fourth-order valence-corrected chi connectivity index (χ4v) is 2.47. The van der Waals surface area contributed by atoms with Crippen LogP contribution < -0.4 is 5.32 Å². The van der Waals surface area contributed by atoms with E-state index >= 15 is 0 Å². The van der Waals surface area contributed by atoms with Gasteiger partial charge in [0, 0.05) is 11.6 Å². The Balaban J connectivity index is 2.06. The molecule has 0 spiro atoms. The summed E-state index contributed by atoms with van der Waals surface area (Å²) >= 11 is 0. The summed E-state index contributed by atoms with van der Waals surface area (Å²) < 4.78 is 14.8. The molecule has 0 aliphatic heterocycles. The normalized spacial score (nSPS) is 12.0. The summed E-state index contributed by atoms with van der Waals surface area (Å²) in [6.45, 7) is 3.96. The maximum Gasteiger partial charge on any atom is 0.270 e. The lowest BCUT2D eigenvalue weighted by atomic mass is 10.1. The number of rotatable bonds is 5. The Hall–Kier alpha value is -2.95. The summed E-state index contributed by atoms with van der Waals surface area (Å²) in [5, 5.41) is 7.53. The van der Waals surface area contributed by atoms with E-state index in [1.807, 2.05) is 44.2 Å². The first-order chi connectivity index (χ1) is 12.1. The lowest BCUT2D eigenvalue weighted by Gasteiger charge is -2.12. The Morgan fingerprint density at radius 3 is 2.48 bits per heavy atom. The van der Waals surface area contributed by atoms with E-state index in [1.165, 1.54) is 12.1 Å². The van der Waals surface area contributed by atoms with Gasteiger partial charge in [-0.15, -0.1) is 0 Å². The highest BCUT2D eigenvalue weighted by atomic mass is 19.1. The molecular formula is C20H20FN3O. The Kier molecular flexibility index (Phi) is 4.93. The van der Waals surface area contributed by atoms with Gasteiger partial charge >= 0.3 is 0 Å². The van der Waals surface area contributed by atoms with Gasteiger partial charge in [0.2, 0.25) is 0 Å². The number of carbonyl (C=O) groups excluding carboxylic acids is 1. The third-order valence-electron chi connectivity index (χ3n) is 4.07. The predicted molar refractivity (Wildman–Crippen MR) is 96.2 cm³/mol. The molecule has 3 rings (SSSR count). The van der Waals surface area contributed by atoms with Crippen molar-refractivity contribution in [3.8, 4) is 16.9 Å². The summed E-state index contributed by atoms with van der Waals surface area (Å²) in [4.78, 5) is 12.7. The second-order valence-electron chi connectivity index (χ2n) is 5.95. The zero-order chi connectivity index (χ0) is 17.8. The lowest BCUT2D eigenvalue weighted by Crippen LogP contribution is -2.33. The first-order valence-electron chi connectivity index (χ1n) is 8.30. The average molecular weight is 337 g/mol. The first-order valence-corrected chi connectivity index (χ1v) is 8.30. The molecule has 1 atom stereocenters. The van der Waals surface area contributed by atoms with E-state index in [1.54, 1.807) is 22.9 Å². The van der Waals surface area contributed by atoms with Gasteiger partial charge in [-0.3, -0.25) is 4.79 Å². The minimum absolute atomic E-state index is 0.0595. The summed E-state index contributed by atoms with van der Waals surface area (Å²) in [5.41, 5.74) is 2.67. The smallest absolute Gasteiger partial charge is 0.270 e. The highest BCUT2D eigenvalue weighted by Crippen LogP contribution is 2.22. The van der Waals surface area contributed by atoms with E-state index in [-0.39, 0.29) is 17.8 Å². The largest absolute Gasteiger partial charge is 0.348 e. The summed E-state index contributed by atoms with van der Waals surface area (Å²) in [6.07, 6.45) is 0.835. The third kappa shape index (κ3) is 3.76. The van der Waals surface area contributed by atoms with Crippen molar-refractivity contribution in [2.24, 2.45) is 0 Å². The number of nitrogens with one attached hydrogen (secondary N) is 1. The summed E-state index contributed by atoms with van der Waals surface area (Å²) in [7, 11) is 0. The molecule has 0 bridgehead atoms. The van der Waals surface area contributed by atoms with Crippen molar-refractivity contribution in [1.82, 2.24) is 15.1 Å². The number of hydrogen-bond donors (Lipinski definition) is 1. The molecular weight excluding hydrogens is 317 g/mol. The monoisotopic (exact) mass is 337 g/mol. The second-order valence-corrected chi connectivity index (χ2v) is 5.95. The molecule has 5 heteroatoms. The van der Waals surface area contributed by atoms with Gasteiger partial charge in [0.15, 0.2) is 0 Å². The van der Waals surface area contributed by atoms with E-state index in [2.05, 4.69) is 10.4 Å². The molecule has 1 aromatic heterocycles. The van der Waals surface area contributed by atoms with Crippen LogP contribution in [0.4, 0.5) is 4.39 Å². The molecule has 128 valence electrons. The van der Waals surface area contributed by atoms with Gasteiger partial charge in [-0.25, -0.2) is 9.07 Å². The van der Waals surface area contributed by atoms with E-state index in [4.69, 9.17) is 0 Å². The maximum atomic E-state index is 13.2. The molecule has 1 N–H and O–H groups in total. The standard InChI is InChI=1S/C20H20FN3O/c1-3-14(2)22-20(25)19-13-18(15-7-5-4-6-8-15)23-24(19)17-11-9-16(21)10-12-17/h4-14H,3H2,1-2H3,(H,22,25). The number of hydrogen-bond acceptors (Lipinski definition) is 2. The van der Waals surface area contributed by atoms with E-state index in [9.17, 15) is 9.18 Å². The van der Waals surface area contributed by atoms with Crippen molar-refractivity contribution in [1.29, 1.82) is 0 Å². The van der Waals surface area contributed by atoms with Crippen LogP contribution in [0.15, 0.2) is 60.7 Å². The fraction of sp³-hybridized carbons (Fsp3) is 0.200. The van der Waals surface area contributed by atoms with Gasteiger partial charge in [-0.2, -0.15) is 5.10 Å². The molecule has 2 aromatic carbocycles. The molecule has 0 aliphatic carbocycles. The molecule has 0 radical (unpaired) electrons. The van der Waals surface area contributed by atoms with Crippen LogP contribution in [-0.4, -0.2) is 21.7 Å². The minimum Gasteiger partial charge on any atom is -0.348 e. The molecule has 4 nitrogen and oxygen atoms in total. The Labute approximate surface area is 146 Å². The van der Waals surface area contributed by atoms with Crippen molar-refractivity contribution < 1.29 is 9.18 Å². The van der Waals surface area contributed by atoms with Crippen molar-refractivity contribution in [2.75, 3.05) is 0 Å². The second kappa shape index (κ2) is 7.30. The summed E-state index contributed by atoms with van der Waals surface area (Å²) in [6, 6.07) is 17.4. The zero-order valence-electron chi connectivity index (χ0n) is 14.2. The minimum atomic E-state index is -0.329. The molecule has 0 aliphatic rings. The van der Waals surface area contributed by atoms with Crippen LogP contribution >= 0.6 is 0 Å². The van der Waals surface area contributed by atoms with Gasteiger partial charge in [0.1, 0.15) is 11.5 Å². The van der Waals surface area contributed by atoms with Gasteiger partial charge in [-0.1, -0.05) is 37.3 Å². The molecule has 0 saturated heterocycles. The Morgan fingerprint density at radius 2 is 1.84 bits per heavy atom. The number of halogens is 1. The number of benzene rings is 2. The molecule has 3 aromatic rings. The number of nitrogens with zero attached hydrogens (tertiary/aromatic N) is 2. The van der Waals surface area contributed by atoms with Crippen molar-refractivity contribution >= 4 is 5.91 Å². The number of aromatic nitrogens is 2. The Bertz CT molecular complexity index is 856. The van der Waals surface area contributed by atoms with Gasteiger partial charge in [-0.05, 0) is 43.7 Å². The average Bonchev–Trinajstić information content (AvgIpc) is 3.08. The van der Waals surface area contributed by atoms with Crippen LogP contribution in [0.3, 0.4) is 0 Å². The maximum absolute atomic E-state index is 13.2. The van der Waals surface area contributed by atoms with E-state index < -0.39 is 0 Å². The van der Waals surface area contributed by atoms with Crippen LogP contribution in [-0.2, 0) is 0 Å². The molecule has 0 fully saturated rings. The van der Waals surface area contributed by atoms with Crippen LogP contribution in [0.1, 0.15) is 30.8 Å². The van der Waals surface area contributed by atoms with Crippen LogP contribution in [0.5, 0.6) is 0 Å². The van der Waals surface area contributed by atoms with Crippen LogP contribution in [0.25, 0.3) is 16.9 Å². The first kappa shape index (κ1) is 16.9.